The van der Waals surface area contributed by atoms with Crippen molar-refractivity contribution in [1.29, 1.82) is 0 Å². The first-order valence-electron chi connectivity index (χ1n) is 6.70. The highest BCUT2D eigenvalue weighted by atomic mass is 16.3. The van der Waals surface area contributed by atoms with Crippen LogP contribution in [-0.2, 0) is 6.54 Å². The zero-order chi connectivity index (χ0) is 13.0. The highest BCUT2D eigenvalue weighted by Crippen LogP contribution is 2.22. The fourth-order valence-electron chi connectivity index (χ4n) is 2.62. The molecule has 1 aromatic rings. The first-order valence-corrected chi connectivity index (χ1v) is 6.70. The fraction of sp³-hybridized carbons (Fsp3) is 0.600. The van der Waals surface area contributed by atoms with E-state index in [1.165, 1.54) is 5.56 Å². The fourth-order valence-corrected chi connectivity index (χ4v) is 2.62. The zero-order valence-corrected chi connectivity index (χ0v) is 11.4. The van der Waals surface area contributed by atoms with Crippen molar-refractivity contribution in [1.82, 2.24) is 10.2 Å². The third kappa shape index (κ3) is 3.55. The Balaban J connectivity index is 2.10. The van der Waals surface area contributed by atoms with Crippen LogP contribution in [0.5, 0.6) is 0 Å². The molecule has 0 radical (unpaired) electrons. The van der Waals surface area contributed by atoms with Crippen LogP contribution >= 0.6 is 0 Å². The van der Waals surface area contributed by atoms with E-state index in [0.717, 1.165) is 26.2 Å². The van der Waals surface area contributed by atoms with Crippen molar-refractivity contribution in [3.05, 3.63) is 35.9 Å². The summed E-state index contributed by atoms with van der Waals surface area (Å²) in [4.78, 5) is 2.40. The van der Waals surface area contributed by atoms with Crippen LogP contribution < -0.4 is 5.32 Å². The molecule has 1 fully saturated rings. The van der Waals surface area contributed by atoms with E-state index in [9.17, 15) is 5.11 Å². The predicted molar refractivity (Wildman–Crippen MR) is 74.4 cm³/mol. The van der Waals surface area contributed by atoms with Crippen LogP contribution in [0, 0.1) is 5.41 Å². The Kier molecular flexibility index (Phi) is 4.38. The van der Waals surface area contributed by atoms with Gasteiger partial charge in [0.15, 0.2) is 0 Å². The van der Waals surface area contributed by atoms with E-state index in [1.807, 2.05) is 6.07 Å². The molecule has 1 heterocycles. The van der Waals surface area contributed by atoms with Crippen LogP contribution in [0.15, 0.2) is 30.3 Å². The monoisotopic (exact) mass is 248 g/mol. The van der Waals surface area contributed by atoms with Gasteiger partial charge in [-0.1, -0.05) is 44.2 Å². The van der Waals surface area contributed by atoms with E-state index >= 15 is 0 Å². The maximum absolute atomic E-state index is 9.55. The van der Waals surface area contributed by atoms with Gasteiger partial charge in [0.2, 0.25) is 0 Å². The van der Waals surface area contributed by atoms with Gasteiger partial charge in [-0.15, -0.1) is 0 Å². The first kappa shape index (κ1) is 13.5. The summed E-state index contributed by atoms with van der Waals surface area (Å²) in [7, 11) is 0. The number of nitrogens with zero attached hydrogens (tertiary/aromatic N) is 1. The van der Waals surface area contributed by atoms with Gasteiger partial charge in [-0.2, -0.15) is 0 Å². The molecule has 1 unspecified atom stereocenters. The summed E-state index contributed by atoms with van der Waals surface area (Å²) >= 11 is 0. The van der Waals surface area contributed by atoms with Crippen molar-refractivity contribution in [2.75, 3.05) is 26.2 Å². The van der Waals surface area contributed by atoms with Crippen LogP contribution in [0.3, 0.4) is 0 Å². The van der Waals surface area contributed by atoms with Gasteiger partial charge < -0.3 is 10.4 Å². The molecule has 1 aliphatic rings. The molecule has 0 bridgehead atoms. The second kappa shape index (κ2) is 5.83. The minimum atomic E-state index is 0.215. The van der Waals surface area contributed by atoms with Gasteiger partial charge >= 0.3 is 0 Å². The van der Waals surface area contributed by atoms with Gasteiger partial charge in [0.1, 0.15) is 0 Å². The molecule has 3 heteroatoms. The second-order valence-corrected chi connectivity index (χ2v) is 6.02. The summed E-state index contributed by atoms with van der Waals surface area (Å²) in [5.74, 6) is 0. The first-order chi connectivity index (χ1) is 8.61. The van der Waals surface area contributed by atoms with Crippen molar-refractivity contribution < 1.29 is 5.11 Å². The molecular formula is C15H24N2O. The summed E-state index contributed by atoms with van der Waals surface area (Å²) in [6.07, 6.45) is 0. The van der Waals surface area contributed by atoms with Gasteiger partial charge in [-0.3, -0.25) is 4.90 Å². The number of aliphatic hydroxyl groups excluding tert-OH is 1. The molecule has 0 aliphatic carbocycles. The molecule has 1 saturated heterocycles. The van der Waals surface area contributed by atoms with E-state index in [0.29, 0.717) is 0 Å². The zero-order valence-electron chi connectivity index (χ0n) is 11.4. The van der Waals surface area contributed by atoms with Crippen molar-refractivity contribution in [2.24, 2.45) is 5.41 Å². The molecule has 2 rings (SSSR count). The van der Waals surface area contributed by atoms with Crippen LogP contribution in [0.2, 0.25) is 0 Å². The Bertz CT molecular complexity index is 364. The average Bonchev–Trinajstić information content (AvgIpc) is 2.48. The number of hydrogen-bond donors (Lipinski definition) is 2. The Morgan fingerprint density at radius 3 is 2.72 bits per heavy atom. The van der Waals surface area contributed by atoms with Crippen LogP contribution in [0.1, 0.15) is 19.4 Å². The standard InChI is InChI=1S/C15H24N2O/c1-15(2)11-16-8-14(10-18)17(12-15)9-13-6-4-3-5-7-13/h3-7,14,16,18H,8-12H2,1-2H3. The summed E-state index contributed by atoms with van der Waals surface area (Å²) in [6, 6.07) is 10.7. The van der Waals surface area contributed by atoms with E-state index in [1.54, 1.807) is 0 Å². The smallest absolute Gasteiger partial charge is 0.0599 e. The predicted octanol–water partition coefficient (Wildman–Crippen LogP) is 1.48. The molecule has 100 valence electrons. The van der Waals surface area contributed by atoms with Gasteiger partial charge in [-0.25, -0.2) is 0 Å². The number of hydrogen-bond acceptors (Lipinski definition) is 3. The second-order valence-electron chi connectivity index (χ2n) is 6.02. The Morgan fingerprint density at radius 1 is 1.33 bits per heavy atom. The van der Waals surface area contributed by atoms with Crippen LogP contribution in [-0.4, -0.2) is 42.3 Å². The minimum Gasteiger partial charge on any atom is -0.395 e. The number of benzene rings is 1. The lowest BCUT2D eigenvalue weighted by molar-refractivity contribution is 0.101. The Hall–Kier alpha value is -0.900. The summed E-state index contributed by atoms with van der Waals surface area (Å²) < 4.78 is 0. The van der Waals surface area contributed by atoms with Crippen molar-refractivity contribution in [3.8, 4) is 0 Å². The summed E-state index contributed by atoms with van der Waals surface area (Å²) in [6.45, 7) is 8.57. The molecule has 0 saturated carbocycles. The van der Waals surface area contributed by atoms with Gasteiger partial charge in [0.05, 0.1) is 6.61 Å². The normalized spacial score (nSPS) is 24.7. The third-order valence-corrected chi connectivity index (χ3v) is 3.57. The van der Waals surface area contributed by atoms with Crippen molar-refractivity contribution in [3.63, 3.8) is 0 Å². The highest BCUT2D eigenvalue weighted by Gasteiger charge is 2.29. The van der Waals surface area contributed by atoms with Gasteiger partial charge in [0, 0.05) is 32.2 Å². The number of rotatable bonds is 3. The summed E-state index contributed by atoms with van der Waals surface area (Å²) in [5, 5.41) is 13.0. The maximum atomic E-state index is 9.55. The van der Waals surface area contributed by atoms with Crippen molar-refractivity contribution >= 4 is 0 Å². The lowest BCUT2D eigenvalue weighted by Crippen LogP contribution is -2.43. The van der Waals surface area contributed by atoms with E-state index in [4.69, 9.17) is 0 Å². The largest absolute Gasteiger partial charge is 0.395 e. The molecule has 0 amide bonds. The topological polar surface area (TPSA) is 35.5 Å². The van der Waals surface area contributed by atoms with Crippen molar-refractivity contribution in [2.45, 2.75) is 26.4 Å². The van der Waals surface area contributed by atoms with Crippen LogP contribution in [0.25, 0.3) is 0 Å². The third-order valence-electron chi connectivity index (χ3n) is 3.57. The molecule has 1 aliphatic heterocycles. The van der Waals surface area contributed by atoms with Gasteiger partial charge in [0.25, 0.3) is 0 Å². The molecule has 1 aromatic carbocycles. The molecule has 0 aromatic heterocycles. The van der Waals surface area contributed by atoms with Gasteiger partial charge in [-0.05, 0) is 11.0 Å². The quantitative estimate of drug-likeness (QED) is 0.850. The lowest BCUT2D eigenvalue weighted by atomic mass is 9.93. The Morgan fingerprint density at radius 2 is 2.06 bits per heavy atom. The molecule has 0 spiro atoms. The maximum Gasteiger partial charge on any atom is 0.0599 e. The minimum absolute atomic E-state index is 0.215. The average molecular weight is 248 g/mol. The van der Waals surface area contributed by atoms with E-state index < -0.39 is 0 Å². The summed E-state index contributed by atoms with van der Waals surface area (Å²) in [5.41, 5.74) is 1.56. The lowest BCUT2D eigenvalue weighted by Gasteiger charge is -2.33. The SMILES string of the molecule is CC1(C)CNCC(CO)N(Cc2ccccc2)C1. The van der Waals surface area contributed by atoms with Crippen LogP contribution in [0.4, 0.5) is 0 Å². The molecule has 18 heavy (non-hydrogen) atoms. The Labute approximate surface area is 110 Å². The molecular weight excluding hydrogens is 224 g/mol. The molecule has 1 atom stereocenters. The molecule has 2 N–H and O–H groups in total. The number of nitrogens with one attached hydrogen (secondary N) is 1. The highest BCUT2D eigenvalue weighted by molar-refractivity contribution is 5.14. The van der Waals surface area contributed by atoms with E-state index in [-0.39, 0.29) is 18.1 Å². The number of aliphatic hydroxyl groups is 1. The van der Waals surface area contributed by atoms with E-state index in [2.05, 4.69) is 48.3 Å². The molecule has 3 nitrogen and oxygen atoms in total.